The van der Waals surface area contributed by atoms with Crippen molar-refractivity contribution in [2.75, 3.05) is 0 Å². The van der Waals surface area contributed by atoms with Gasteiger partial charge in [0.2, 0.25) is 0 Å². The van der Waals surface area contributed by atoms with E-state index in [1.54, 1.807) is 30.3 Å². The number of aliphatic hydroxyl groups is 2. The Balaban J connectivity index is 2.33. The Labute approximate surface area is 110 Å². The van der Waals surface area contributed by atoms with Gasteiger partial charge in [0.25, 0.3) is 0 Å². The van der Waals surface area contributed by atoms with Crippen molar-refractivity contribution >= 4 is 11.6 Å². The molecular weight excluding hydrogens is 252 g/mol. The molecule has 2 aromatic carbocycles. The SMILES string of the molecule is OCc1ccccc1Oc1ccc(Cl)cc1CO. The van der Waals surface area contributed by atoms with Gasteiger partial charge in [-0.25, -0.2) is 0 Å². The molecule has 0 unspecified atom stereocenters. The fourth-order valence-corrected chi connectivity index (χ4v) is 1.82. The van der Waals surface area contributed by atoms with E-state index < -0.39 is 0 Å². The quantitative estimate of drug-likeness (QED) is 0.892. The Morgan fingerprint density at radius 3 is 2.28 bits per heavy atom. The van der Waals surface area contributed by atoms with E-state index in [1.807, 2.05) is 12.1 Å². The molecule has 0 bridgehead atoms. The molecule has 0 aliphatic carbocycles. The van der Waals surface area contributed by atoms with Gasteiger partial charge in [-0.1, -0.05) is 29.8 Å². The minimum absolute atomic E-state index is 0.0990. The van der Waals surface area contributed by atoms with E-state index in [1.165, 1.54) is 0 Å². The molecule has 3 nitrogen and oxygen atoms in total. The highest BCUT2D eigenvalue weighted by Crippen LogP contribution is 2.30. The molecule has 0 heterocycles. The molecule has 0 fully saturated rings. The second kappa shape index (κ2) is 5.87. The average molecular weight is 265 g/mol. The standard InChI is InChI=1S/C14H13ClO3/c15-12-5-6-14(11(7-12)9-17)18-13-4-2-1-3-10(13)8-16/h1-7,16-17H,8-9H2. The molecule has 0 aliphatic heterocycles. The molecule has 0 aromatic heterocycles. The Morgan fingerprint density at radius 2 is 1.56 bits per heavy atom. The summed E-state index contributed by atoms with van der Waals surface area (Å²) < 4.78 is 5.70. The topological polar surface area (TPSA) is 49.7 Å². The van der Waals surface area contributed by atoms with Crippen molar-refractivity contribution in [2.45, 2.75) is 13.2 Å². The lowest BCUT2D eigenvalue weighted by atomic mass is 10.2. The van der Waals surface area contributed by atoms with E-state index in [2.05, 4.69) is 0 Å². The number of halogens is 1. The molecule has 0 saturated heterocycles. The van der Waals surface area contributed by atoms with Gasteiger partial charge in [-0.15, -0.1) is 0 Å². The van der Waals surface area contributed by atoms with E-state index in [-0.39, 0.29) is 13.2 Å². The first-order valence-corrected chi connectivity index (χ1v) is 5.88. The van der Waals surface area contributed by atoms with Crippen LogP contribution in [-0.4, -0.2) is 10.2 Å². The van der Waals surface area contributed by atoms with Crippen molar-refractivity contribution in [1.29, 1.82) is 0 Å². The molecule has 0 saturated carbocycles. The Hall–Kier alpha value is -1.55. The lowest BCUT2D eigenvalue weighted by molar-refractivity contribution is 0.271. The summed E-state index contributed by atoms with van der Waals surface area (Å²) in [5.74, 6) is 1.10. The molecule has 4 heteroatoms. The van der Waals surface area contributed by atoms with Crippen molar-refractivity contribution in [1.82, 2.24) is 0 Å². The Bertz CT molecular complexity index is 540. The van der Waals surface area contributed by atoms with Crippen molar-refractivity contribution in [3.8, 4) is 11.5 Å². The van der Waals surface area contributed by atoms with Gasteiger partial charge in [-0.3, -0.25) is 0 Å². The highest BCUT2D eigenvalue weighted by molar-refractivity contribution is 6.30. The zero-order chi connectivity index (χ0) is 13.0. The van der Waals surface area contributed by atoms with Gasteiger partial charge in [0.15, 0.2) is 0 Å². The first-order valence-electron chi connectivity index (χ1n) is 5.50. The normalized spacial score (nSPS) is 10.4. The van der Waals surface area contributed by atoms with Gasteiger partial charge < -0.3 is 14.9 Å². The Kier molecular flexibility index (Phi) is 4.20. The highest BCUT2D eigenvalue weighted by Gasteiger charge is 2.08. The van der Waals surface area contributed by atoms with E-state index in [9.17, 15) is 10.2 Å². The smallest absolute Gasteiger partial charge is 0.133 e. The molecule has 0 aliphatic rings. The van der Waals surface area contributed by atoms with Crippen LogP contribution in [-0.2, 0) is 13.2 Å². The Morgan fingerprint density at radius 1 is 0.889 bits per heavy atom. The lowest BCUT2D eigenvalue weighted by Gasteiger charge is -2.12. The fourth-order valence-electron chi connectivity index (χ4n) is 1.62. The van der Waals surface area contributed by atoms with Crippen molar-refractivity contribution in [3.63, 3.8) is 0 Å². The number of hydrogen-bond donors (Lipinski definition) is 2. The van der Waals surface area contributed by atoms with Crippen molar-refractivity contribution in [2.24, 2.45) is 0 Å². The third-order valence-electron chi connectivity index (χ3n) is 2.56. The number of aliphatic hydroxyl groups excluding tert-OH is 2. The maximum absolute atomic E-state index is 9.26. The molecular formula is C14H13ClO3. The van der Waals surface area contributed by atoms with Gasteiger partial charge in [0.05, 0.1) is 13.2 Å². The first kappa shape index (κ1) is 12.9. The van der Waals surface area contributed by atoms with Crippen molar-refractivity contribution < 1.29 is 14.9 Å². The summed E-state index contributed by atoms with van der Waals surface area (Å²) in [6.45, 7) is -0.255. The van der Waals surface area contributed by atoms with Gasteiger partial charge in [-0.05, 0) is 24.3 Å². The van der Waals surface area contributed by atoms with Crippen LogP contribution < -0.4 is 4.74 Å². The lowest BCUT2D eigenvalue weighted by Crippen LogP contribution is -1.95. The van der Waals surface area contributed by atoms with Gasteiger partial charge in [-0.2, -0.15) is 0 Å². The monoisotopic (exact) mass is 264 g/mol. The summed E-state index contributed by atoms with van der Waals surface area (Å²) in [7, 11) is 0. The molecule has 0 radical (unpaired) electrons. The predicted molar refractivity (Wildman–Crippen MR) is 69.8 cm³/mol. The van der Waals surface area contributed by atoms with Crippen LogP contribution >= 0.6 is 11.6 Å². The number of hydrogen-bond acceptors (Lipinski definition) is 3. The summed E-state index contributed by atoms with van der Waals surface area (Å²) >= 11 is 5.85. The van der Waals surface area contributed by atoms with Crippen LogP contribution in [0.25, 0.3) is 0 Å². The number of ether oxygens (including phenoxy) is 1. The molecule has 94 valence electrons. The van der Waals surface area contributed by atoms with E-state index in [0.717, 1.165) is 0 Å². The fraction of sp³-hybridized carbons (Fsp3) is 0.143. The second-order valence-electron chi connectivity index (χ2n) is 3.78. The third-order valence-corrected chi connectivity index (χ3v) is 2.79. The number of benzene rings is 2. The molecule has 2 N–H and O–H groups in total. The number of para-hydroxylation sites is 1. The predicted octanol–water partition coefficient (Wildman–Crippen LogP) is 3.12. The van der Waals surface area contributed by atoms with Crippen LogP contribution in [0.1, 0.15) is 11.1 Å². The minimum atomic E-state index is -0.156. The van der Waals surface area contributed by atoms with Crippen LogP contribution in [0.2, 0.25) is 5.02 Å². The van der Waals surface area contributed by atoms with Crippen LogP contribution in [0.5, 0.6) is 11.5 Å². The summed E-state index contributed by atoms with van der Waals surface area (Å²) in [4.78, 5) is 0. The first-order chi connectivity index (χ1) is 8.74. The molecule has 18 heavy (non-hydrogen) atoms. The molecule has 0 amide bonds. The van der Waals surface area contributed by atoms with Gasteiger partial charge >= 0.3 is 0 Å². The number of rotatable bonds is 4. The van der Waals surface area contributed by atoms with Crippen LogP contribution in [0, 0.1) is 0 Å². The maximum atomic E-state index is 9.26. The maximum Gasteiger partial charge on any atom is 0.133 e. The molecule has 2 aromatic rings. The average Bonchev–Trinajstić information content (AvgIpc) is 2.41. The van der Waals surface area contributed by atoms with Crippen molar-refractivity contribution in [3.05, 3.63) is 58.6 Å². The van der Waals surface area contributed by atoms with Gasteiger partial charge in [0, 0.05) is 16.1 Å². The molecule has 0 spiro atoms. The highest BCUT2D eigenvalue weighted by atomic mass is 35.5. The third kappa shape index (κ3) is 2.82. The van der Waals surface area contributed by atoms with E-state index >= 15 is 0 Å². The largest absolute Gasteiger partial charge is 0.457 e. The summed E-state index contributed by atoms with van der Waals surface area (Å²) in [6, 6.07) is 12.2. The van der Waals surface area contributed by atoms with Gasteiger partial charge in [0.1, 0.15) is 11.5 Å². The summed E-state index contributed by atoms with van der Waals surface area (Å²) in [5.41, 5.74) is 1.30. The zero-order valence-electron chi connectivity index (χ0n) is 9.64. The summed E-state index contributed by atoms with van der Waals surface area (Å²) in [5, 5.41) is 19.0. The molecule has 2 rings (SSSR count). The van der Waals surface area contributed by atoms with Crippen LogP contribution in [0.15, 0.2) is 42.5 Å². The zero-order valence-corrected chi connectivity index (χ0v) is 10.4. The van der Waals surface area contributed by atoms with E-state index in [4.69, 9.17) is 16.3 Å². The van der Waals surface area contributed by atoms with Crippen LogP contribution in [0.3, 0.4) is 0 Å². The van der Waals surface area contributed by atoms with E-state index in [0.29, 0.717) is 27.6 Å². The summed E-state index contributed by atoms with van der Waals surface area (Å²) in [6.07, 6.45) is 0. The van der Waals surface area contributed by atoms with Crippen LogP contribution in [0.4, 0.5) is 0 Å². The second-order valence-corrected chi connectivity index (χ2v) is 4.21. The minimum Gasteiger partial charge on any atom is -0.457 e. The molecule has 0 atom stereocenters.